The molecule has 0 unspecified atom stereocenters. The van der Waals surface area contributed by atoms with Gasteiger partial charge in [0, 0.05) is 5.69 Å². The first-order chi connectivity index (χ1) is 18.3. The van der Waals surface area contributed by atoms with Crippen LogP contribution < -0.4 is 24.8 Å². The number of amidine groups is 1. The zero-order chi connectivity index (χ0) is 27.1. The van der Waals surface area contributed by atoms with Gasteiger partial charge < -0.3 is 24.8 Å². The van der Waals surface area contributed by atoms with Crippen molar-refractivity contribution in [3.8, 4) is 17.2 Å². The Morgan fingerprint density at radius 2 is 1.87 bits per heavy atom. The summed E-state index contributed by atoms with van der Waals surface area (Å²) < 4.78 is 30.4. The number of ether oxygens (including phenoxy) is 3. The van der Waals surface area contributed by atoms with Gasteiger partial charge in [-0.3, -0.25) is 9.59 Å². The summed E-state index contributed by atoms with van der Waals surface area (Å²) in [6.45, 7) is 2.23. The number of methoxy groups -OCH3 is 1. The molecule has 1 aliphatic rings. The minimum absolute atomic E-state index is 0.258. The molecule has 38 heavy (non-hydrogen) atoms. The second kappa shape index (κ2) is 12.8. The van der Waals surface area contributed by atoms with E-state index in [0.717, 1.165) is 5.75 Å². The highest BCUT2D eigenvalue weighted by Crippen LogP contribution is 2.36. The number of benzene rings is 3. The van der Waals surface area contributed by atoms with E-state index in [-0.39, 0.29) is 12.5 Å². The number of nitrogens with one attached hydrogen (secondary N) is 2. The number of halogens is 2. The third-order valence-corrected chi connectivity index (χ3v) is 6.77. The first kappa shape index (κ1) is 27.5. The Labute approximate surface area is 236 Å². The van der Waals surface area contributed by atoms with Crippen LogP contribution in [0.1, 0.15) is 12.5 Å². The van der Waals surface area contributed by atoms with Crippen LogP contribution in [-0.2, 0) is 9.59 Å². The Morgan fingerprint density at radius 3 is 2.55 bits per heavy atom. The number of nitrogens with zero attached hydrogens (tertiary/aromatic N) is 1. The summed E-state index contributed by atoms with van der Waals surface area (Å²) >= 11 is 3.31. The molecule has 0 atom stereocenters. The second-order valence-corrected chi connectivity index (χ2v) is 9.98. The number of carbonyl (C=O) groups excluding carboxylic acids is 2. The molecule has 1 fully saturated rings. The van der Waals surface area contributed by atoms with Gasteiger partial charge in [0.2, 0.25) is 0 Å². The maximum atomic E-state index is 13.1. The van der Waals surface area contributed by atoms with Gasteiger partial charge in [-0.15, -0.1) is 0 Å². The summed E-state index contributed by atoms with van der Waals surface area (Å²) in [6, 6.07) is 16.3. The van der Waals surface area contributed by atoms with E-state index in [1.807, 2.05) is 37.3 Å². The second-order valence-electron chi connectivity index (χ2n) is 7.79. The fraction of sp³-hybridized carbons (Fsp3) is 0.148. The topological polar surface area (TPSA) is 98.3 Å². The quantitative estimate of drug-likeness (QED) is 0.227. The van der Waals surface area contributed by atoms with Crippen molar-refractivity contribution in [2.45, 2.75) is 6.92 Å². The van der Waals surface area contributed by atoms with E-state index in [1.165, 1.54) is 43.1 Å². The van der Waals surface area contributed by atoms with Gasteiger partial charge in [-0.25, -0.2) is 9.38 Å². The lowest BCUT2D eigenvalue weighted by Crippen LogP contribution is -2.20. The minimum atomic E-state index is -0.404. The molecule has 0 aromatic heterocycles. The van der Waals surface area contributed by atoms with Crippen molar-refractivity contribution in [1.29, 1.82) is 0 Å². The monoisotopic (exact) mass is 647 g/mol. The fourth-order valence-corrected chi connectivity index (χ4v) is 4.99. The maximum Gasteiger partial charge on any atom is 0.264 e. The highest BCUT2D eigenvalue weighted by Gasteiger charge is 2.24. The fourth-order valence-electron chi connectivity index (χ4n) is 3.36. The van der Waals surface area contributed by atoms with E-state index in [1.54, 1.807) is 12.1 Å². The zero-order valence-electron chi connectivity index (χ0n) is 20.4. The lowest BCUT2D eigenvalue weighted by Gasteiger charge is -2.14. The molecule has 1 saturated heterocycles. The number of carbonyl (C=O) groups is 2. The van der Waals surface area contributed by atoms with Crippen molar-refractivity contribution >= 4 is 68.8 Å². The van der Waals surface area contributed by atoms with Crippen molar-refractivity contribution in [3.63, 3.8) is 0 Å². The molecule has 11 heteroatoms. The van der Waals surface area contributed by atoms with Gasteiger partial charge >= 0.3 is 0 Å². The standard InChI is InChI=1S/C27H23FIN3O5S/c1-3-36-20-10-8-19(9-11-20)31-27-32-26(34)23(38-27)14-16-12-21(29)25(22(13-16)35-2)37-15-24(33)30-18-6-4-17(28)5-7-18/h4-14H,3,15H2,1-2H3,(H,30,33)(H,31,32,34)/b23-14+. The Hall–Kier alpha value is -3.58. The third kappa shape index (κ3) is 7.25. The van der Waals surface area contributed by atoms with Crippen LogP contribution in [-0.4, -0.2) is 37.3 Å². The molecule has 4 rings (SSSR count). The Bertz CT molecular complexity index is 1400. The number of amides is 2. The molecular formula is C27H23FIN3O5S. The molecule has 0 saturated carbocycles. The lowest BCUT2D eigenvalue weighted by atomic mass is 10.2. The van der Waals surface area contributed by atoms with Crippen LogP contribution in [0.4, 0.5) is 15.8 Å². The van der Waals surface area contributed by atoms with Crippen LogP contribution in [0, 0.1) is 9.39 Å². The smallest absolute Gasteiger partial charge is 0.264 e. The van der Waals surface area contributed by atoms with Crippen molar-refractivity contribution in [2.75, 3.05) is 25.6 Å². The summed E-state index contributed by atoms with van der Waals surface area (Å²) in [5.74, 6) is 0.504. The summed E-state index contributed by atoms with van der Waals surface area (Å²) in [7, 11) is 1.49. The van der Waals surface area contributed by atoms with Gasteiger partial charge in [0.15, 0.2) is 23.3 Å². The Kier molecular flexibility index (Phi) is 9.24. The van der Waals surface area contributed by atoms with Gasteiger partial charge in [0.25, 0.3) is 11.8 Å². The van der Waals surface area contributed by atoms with E-state index in [2.05, 4.69) is 38.2 Å². The van der Waals surface area contributed by atoms with Crippen LogP contribution in [0.3, 0.4) is 0 Å². The molecule has 0 radical (unpaired) electrons. The van der Waals surface area contributed by atoms with E-state index in [4.69, 9.17) is 14.2 Å². The van der Waals surface area contributed by atoms with E-state index < -0.39 is 11.7 Å². The van der Waals surface area contributed by atoms with Crippen molar-refractivity contribution in [1.82, 2.24) is 5.32 Å². The summed E-state index contributed by atoms with van der Waals surface area (Å²) in [5, 5.41) is 5.89. The summed E-state index contributed by atoms with van der Waals surface area (Å²) in [6.07, 6.45) is 1.73. The molecule has 1 aliphatic heterocycles. The average molecular weight is 647 g/mol. The van der Waals surface area contributed by atoms with Gasteiger partial charge in [-0.2, -0.15) is 0 Å². The summed E-state index contributed by atoms with van der Waals surface area (Å²) in [5.41, 5.74) is 1.87. The molecule has 0 bridgehead atoms. The van der Waals surface area contributed by atoms with Gasteiger partial charge in [-0.1, -0.05) is 0 Å². The number of hydrogen-bond donors (Lipinski definition) is 2. The van der Waals surface area contributed by atoms with Crippen LogP contribution in [0.5, 0.6) is 17.2 Å². The van der Waals surface area contributed by atoms with Crippen molar-refractivity contribution in [3.05, 3.63) is 80.5 Å². The predicted molar refractivity (Wildman–Crippen MR) is 155 cm³/mol. The summed E-state index contributed by atoms with van der Waals surface area (Å²) in [4.78, 5) is 29.8. The molecule has 8 nitrogen and oxygen atoms in total. The van der Waals surface area contributed by atoms with Gasteiger partial charge in [-0.05, 0) is 114 Å². The van der Waals surface area contributed by atoms with Gasteiger partial charge in [0.05, 0.1) is 27.9 Å². The molecule has 2 amide bonds. The number of hydrogen-bond acceptors (Lipinski definition) is 7. The Balaban J connectivity index is 1.44. The normalized spacial score (nSPS) is 14.9. The average Bonchev–Trinajstić information content (AvgIpc) is 3.23. The Morgan fingerprint density at radius 1 is 1.13 bits per heavy atom. The van der Waals surface area contributed by atoms with Crippen LogP contribution >= 0.6 is 34.4 Å². The maximum absolute atomic E-state index is 13.1. The van der Waals surface area contributed by atoms with Crippen LogP contribution in [0.15, 0.2) is 70.6 Å². The van der Waals surface area contributed by atoms with Crippen LogP contribution in [0.25, 0.3) is 6.08 Å². The number of aliphatic imine (C=N–C) groups is 1. The van der Waals surface area contributed by atoms with E-state index >= 15 is 0 Å². The van der Waals surface area contributed by atoms with E-state index in [9.17, 15) is 14.0 Å². The molecule has 2 N–H and O–H groups in total. The molecule has 0 aliphatic carbocycles. The first-order valence-electron chi connectivity index (χ1n) is 11.4. The van der Waals surface area contributed by atoms with Gasteiger partial charge in [0.1, 0.15) is 11.6 Å². The predicted octanol–water partition coefficient (Wildman–Crippen LogP) is 5.75. The van der Waals surface area contributed by atoms with Crippen molar-refractivity contribution in [2.24, 2.45) is 4.99 Å². The van der Waals surface area contributed by atoms with E-state index in [0.29, 0.717) is 48.7 Å². The van der Waals surface area contributed by atoms with Crippen molar-refractivity contribution < 1.29 is 28.2 Å². The first-order valence-corrected chi connectivity index (χ1v) is 13.3. The zero-order valence-corrected chi connectivity index (χ0v) is 23.4. The highest BCUT2D eigenvalue weighted by atomic mass is 127. The SMILES string of the molecule is CCOc1ccc(N=C2NC(=O)/C(=C\c3cc(I)c(OCC(=O)Nc4ccc(F)cc4)c(OC)c3)S2)cc1. The molecule has 1 heterocycles. The molecule has 196 valence electrons. The molecule has 0 spiro atoms. The van der Waals surface area contributed by atoms with Crippen LogP contribution in [0.2, 0.25) is 0 Å². The third-order valence-electron chi connectivity index (χ3n) is 5.05. The number of rotatable bonds is 9. The largest absolute Gasteiger partial charge is 0.494 e. The molecular weight excluding hydrogens is 624 g/mol. The number of thioether (sulfide) groups is 1. The highest BCUT2D eigenvalue weighted by molar-refractivity contribution is 14.1. The molecule has 3 aromatic carbocycles. The molecule has 3 aromatic rings. The number of anilines is 1. The minimum Gasteiger partial charge on any atom is -0.494 e. The lowest BCUT2D eigenvalue weighted by molar-refractivity contribution is -0.118.